The SMILES string of the molecule is CCNC(=O)C(Cc1ccccc1)N(Cc1cccc(Cl)c1)C(=O)Cc1ccccc1Cl. The van der Waals surface area contributed by atoms with E-state index in [4.69, 9.17) is 23.2 Å². The highest BCUT2D eigenvalue weighted by Crippen LogP contribution is 2.21. The number of benzene rings is 3. The van der Waals surface area contributed by atoms with Crippen LogP contribution in [-0.2, 0) is 29.0 Å². The minimum Gasteiger partial charge on any atom is -0.355 e. The zero-order valence-electron chi connectivity index (χ0n) is 17.9. The Labute approximate surface area is 199 Å². The van der Waals surface area contributed by atoms with Crippen molar-refractivity contribution in [1.82, 2.24) is 10.2 Å². The van der Waals surface area contributed by atoms with Gasteiger partial charge in [-0.1, -0.05) is 83.9 Å². The summed E-state index contributed by atoms with van der Waals surface area (Å²) < 4.78 is 0. The molecule has 3 aromatic carbocycles. The molecule has 0 heterocycles. The standard InChI is InChI=1S/C26H26Cl2N2O2/c1-2-29-26(32)24(16-19-9-4-3-5-10-19)30(18-20-11-8-13-22(27)15-20)25(31)17-21-12-6-7-14-23(21)28/h3-15,24H,2,16-18H2,1H3,(H,29,32). The predicted molar refractivity (Wildman–Crippen MR) is 130 cm³/mol. The summed E-state index contributed by atoms with van der Waals surface area (Å²) in [7, 11) is 0. The van der Waals surface area contributed by atoms with Gasteiger partial charge in [0.2, 0.25) is 11.8 Å². The van der Waals surface area contributed by atoms with Gasteiger partial charge in [0.15, 0.2) is 0 Å². The molecule has 0 fully saturated rings. The van der Waals surface area contributed by atoms with Gasteiger partial charge in [-0.05, 0) is 41.8 Å². The third kappa shape index (κ3) is 6.59. The van der Waals surface area contributed by atoms with Gasteiger partial charge in [-0.25, -0.2) is 0 Å². The molecule has 1 atom stereocenters. The number of hydrogen-bond donors (Lipinski definition) is 1. The highest BCUT2D eigenvalue weighted by molar-refractivity contribution is 6.31. The fraction of sp³-hybridized carbons (Fsp3) is 0.231. The van der Waals surface area contributed by atoms with Gasteiger partial charge in [0, 0.05) is 29.6 Å². The zero-order chi connectivity index (χ0) is 22.9. The van der Waals surface area contributed by atoms with E-state index in [1.165, 1.54) is 0 Å². The van der Waals surface area contributed by atoms with Crippen molar-refractivity contribution < 1.29 is 9.59 Å². The van der Waals surface area contributed by atoms with E-state index >= 15 is 0 Å². The Kier molecular flexibility index (Phi) is 8.72. The average molecular weight is 469 g/mol. The molecule has 0 aliphatic carbocycles. The smallest absolute Gasteiger partial charge is 0.243 e. The van der Waals surface area contributed by atoms with Crippen molar-refractivity contribution in [3.05, 3.63) is 106 Å². The number of carbonyl (C=O) groups excluding carboxylic acids is 2. The van der Waals surface area contributed by atoms with Crippen LogP contribution in [0.15, 0.2) is 78.9 Å². The zero-order valence-corrected chi connectivity index (χ0v) is 19.4. The van der Waals surface area contributed by atoms with Crippen LogP contribution in [0.25, 0.3) is 0 Å². The molecule has 0 aliphatic heterocycles. The van der Waals surface area contributed by atoms with Gasteiger partial charge in [-0.2, -0.15) is 0 Å². The fourth-order valence-corrected chi connectivity index (χ4v) is 4.00. The second-order valence-corrected chi connectivity index (χ2v) is 8.36. The van der Waals surface area contributed by atoms with Crippen LogP contribution in [0.2, 0.25) is 10.0 Å². The van der Waals surface area contributed by atoms with E-state index in [1.807, 2.05) is 73.7 Å². The first-order valence-corrected chi connectivity index (χ1v) is 11.3. The molecule has 6 heteroatoms. The van der Waals surface area contributed by atoms with Gasteiger partial charge in [0.05, 0.1) is 6.42 Å². The molecule has 2 amide bonds. The predicted octanol–water partition coefficient (Wildman–Crippen LogP) is 5.31. The average Bonchev–Trinajstić information content (AvgIpc) is 2.78. The molecular weight excluding hydrogens is 443 g/mol. The lowest BCUT2D eigenvalue weighted by Crippen LogP contribution is -2.51. The third-order valence-corrected chi connectivity index (χ3v) is 5.77. The van der Waals surface area contributed by atoms with Crippen molar-refractivity contribution >= 4 is 35.0 Å². The Bertz CT molecular complexity index is 1060. The lowest BCUT2D eigenvalue weighted by molar-refractivity contribution is -0.140. The van der Waals surface area contributed by atoms with Crippen LogP contribution in [0.4, 0.5) is 0 Å². The molecule has 3 rings (SSSR count). The van der Waals surface area contributed by atoms with E-state index in [2.05, 4.69) is 5.32 Å². The lowest BCUT2D eigenvalue weighted by Gasteiger charge is -2.31. The maximum absolute atomic E-state index is 13.5. The molecule has 0 aliphatic rings. The second-order valence-electron chi connectivity index (χ2n) is 7.52. The van der Waals surface area contributed by atoms with Crippen molar-refractivity contribution in [2.24, 2.45) is 0 Å². The Morgan fingerprint density at radius 1 is 0.906 bits per heavy atom. The van der Waals surface area contributed by atoms with Crippen LogP contribution in [-0.4, -0.2) is 29.3 Å². The molecule has 1 unspecified atom stereocenters. The molecule has 166 valence electrons. The summed E-state index contributed by atoms with van der Waals surface area (Å²) in [6.45, 7) is 2.61. The molecule has 1 N–H and O–H groups in total. The Hall–Kier alpha value is -2.82. The topological polar surface area (TPSA) is 49.4 Å². The van der Waals surface area contributed by atoms with Crippen molar-refractivity contribution in [3.63, 3.8) is 0 Å². The first-order chi connectivity index (χ1) is 15.5. The Morgan fingerprint density at radius 2 is 1.59 bits per heavy atom. The molecule has 0 saturated carbocycles. The molecule has 32 heavy (non-hydrogen) atoms. The molecule has 0 radical (unpaired) electrons. The van der Waals surface area contributed by atoms with E-state index in [0.29, 0.717) is 23.0 Å². The van der Waals surface area contributed by atoms with Crippen LogP contribution in [0, 0.1) is 0 Å². The van der Waals surface area contributed by atoms with Crippen LogP contribution >= 0.6 is 23.2 Å². The summed E-state index contributed by atoms with van der Waals surface area (Å²) >= 11 is 12.5. The summed E-state index contributed by atoms with van der Waals surface area (Å²) in [5, 5.41) is 4.00. The molecule has 3 aromatic rings. The number of amides is 2. The van der Waals surface area contributed by atoms with Gasteiger partial charge >= 0.3 is 0 Å². The number of hydrogen-bond acceptors (Lipinski definition) is 2. The summed E-state index contributed by atoms with van der Waals surface area (Å²) in [5.41, 5.74) is 2.56. The van der Waals surface area contributed by atoms with Gasteiger partial charge in [-0.3, -0.25) is 9.59 Å². The Morgan fingerprint density at radius 3 is 2.28 bits per heavy atom. The van der Waals surface area contributed by atoms with E-state index in [1.54, 1.807) is 17.0 Å². The van der Waals surface area contributed by atoms with Crippen molar-refractivity contribution in [1.29, 1.82) is 0 Å². The van der Waals surface area contributed by atoms with Crippen LogP contribution in [0.3, 0.4) is 0 Å². The number of rotatable bonds is 9. The van der Waals surface area contributed by atoms with Crippen molar-refractivity contribution in [2.75, 3.05) is 6.54 Å². The number of halogens is 2. The summed E-state index contributed by atoms with van der Waals surface area (Å²) in [4.78, 5) is 28.3. The van der Waals surface area contributed by atoms with E-state index in [-0.39, 0.29) is 24.8 Å². The molecule has 0 bridgehead atoms. The summed E-state index contributed by atoms with van der Waals surface area (Å²) in [5.74, 6) is -0.365. The first kappa shape index (κ1) is 23.8. The van der Waals surface area contributed by atoms with Crippen molar-refractivity contribution in [3.8, 4) is 0 Å². The van der Waals surface area contributed by atoms with Gasteiger partial charge in [0.1, 0.15) is 6.04 Å². The van der Waals surface area contributed by atoms with Crippen LogP contribution in [0.1, 0.15) is 23.6 Å². The molecular formula is C26H26Cl2N2O2. The first-order valence-electron chi connectivity index (χ1n) is 10.6. The minimum absolute atomic E-state index is 0.102. The lowest BCUT2D eigenvalue weighted by atomic mass is 10.0. The summed E-state index contributed by atoms with van der Waals surface area (Å²) in [6, 6.07) is 23.6. The number of nitrogens with one attached hydrogen (secondary N) is 1. The van der Waals surface area contributed by atoms with E-state index < -0.39 is 6.04 Å². The number of carbonyl (C=O) groups is 2. The monoisotopic (exact) mass is 468 g/mol. The highest BCUT2D eigenvalue weighted by atomic mass is 35.5. The summed E-state index contributed by atoms with van der Waals surface area (Å²) in [6.07, 6.45) is 0.506. The second kappa shape index (κ2) is 11.7. The van der Waals surface area contributed by atoms with Gasteiger partial charge in [-0.15, -0.1) is 0 Å². The number of nitrogens with zero attached hydrogens (tertiary/aromatic N) is 1. The van der Waals surface area contributed by atoms with Crippen LogP contribution < -0.4 is 5.32 Å². The maximum Gasteiger partial charge on any atom is 0.243 e. The van der Waals surface area contributed by atoms with Crippen LogP contribution in [0.5, 0.6) is 0 Å². The molecule has 0 aromatic heterocycles. The van der Waals surface area contributed by atoms with E-state index in [9.17, 15) is 9.59 Å². The minimum atomic E-state index is -0.675. The normalized spacial score (nSPS) is 11.6. The largest absolute Gasteiger partial charge is 0.355 e. The molecule has 4 nitrogen and oxygen atoms in total. The van der Waals surface area contributed by atoms with Gasteiger partial charge < -0.3 is 10.2 Å². The van der Waals surface area contributed by atoms with E-state index in [0.717, 1.165) is 16.7 Å². The maximum atomic E-state index is 13.5. The number of likely N-dealkylation sites (N-methyl/N-ethyl adjacent to an activating group) is 1. The van der Waals surface area contributed by atoms with Gasteiger partial charge in [0.25, 0.3) is 0 Å². The quantitative estimate of drug-likeness (QED) is 0.462. The Balaban J connectivity index is 1.96. The van der Waals surface area contributed by atoms with Crippen molar-refractivity contribution in [2.45, 2.75) is 32.4 Å². The highest BCUT2D eigenvalue weighted by Gasteiger charge is 2.30. The fourth-order valence-electron chi connectivity index (χ4n) is 3.58. The molecule has 0 spiro atoms. The molecule has 0 saturated heterocycles. The third-order valence-electron chi connectivity index (χ3n) is 5.16.